The fourth-order valence-corrected chi connectivity index (χ4v) is 2.87. The van der Waals surface area contributed by atoms with Gasteiger partial charge in [0.25, 0.3) is 0 Å². The molecule has 0 aliphatic rings. The summed E-state index contributed by atoms with van der Waals surface area (Å²) >= 11 is 0. The van der Waals surface area contributed by atoms with Crippen LogP contribution >= 0.6 is 0 Å². The highest BCUT2D eigenvalue weighted by Gasteiger charge is 2.25. The summed E-state index contributed by atoms with van der Waals surface area (Å²) in [5, 5.41) is 20.1. The average Bonchev–Trinajstić information content (AvgIpc) is 2.43. The number of amides is 1. The normalized spacial score (nSPS) is 14.2. The molecule has 7 nitrogen and oxygen atoms in total. The van der Waals surface area contributed by atoms with Crippen LogP contribution in [0.4, 0.5) is 0 Å². The maximum Gasteiger partial charge on any atom is 0.328 e. The third-order valence-electron chi connectivity index (χ3n) is 2.77. The van der Waals surface area contributed by atoms with E-state index in [0.717, 1.165) is 0 Å². The predicted octanol–water partition coefficient (Wildman–Crippen LogP) is -0.199. The van der Waals surface area contributed by atoms with Crippen LogP contribution in [0.15, 0.2) is 35.2 Å². The molecule has 0 aliphatic heterocycles. The minimum Gasteiger partial charge on any atom is -0.480 e. The molecule has 1 aromatic carbocycles. The SMILES string of the molecule is C[C@@H](O)[C@H](NC(=O)CCS(=O)(=O)c1ccccc1)C(=O)O. The van der Waals surface area contributed by atoms with Crippen LogP contribution in [0.2, 0.25) is 0 Å². The summed E-state index contributed by atoms with van der Waals surface area (Å²) in [6.07, 6.45) is -1.66. The van der Waals surface area contributed by atoms with Crippen LogP contribution < -0.4 is 5.32 Å². The molecule has 21 heavy (non-hydrogen) atoms. The van der Waals surface area contributed by atoms with E-state index in [1.807, 2.05) is 0 Å². The molecule has 0 heterocycles. The van der Waals surface area contributed by atoms with Crippen molar-refractivity contribution in [1.29, 1.82) is 0 Å². The molecule has 1 rings (SSSR count). The number of carbonyl (C=O) groups excluding carboxylic acids is 1. The highest BCUT2D eigenvalue weighted by molar-refractivity contribution is 7.91. The molecule has 0 bridgehead atoms. The molecule has 0 saturated heterocycles. The minimum atomic E-state index is -3.60. The molecule has 116 valence electrons. The van der Waals surface area contributed by atoms with Crippen molar-refractivity contribution in [2.24, 2.45) is 0 Å². The second kappa shape index (κ2) is 7.19. The molecule has 1 aromatic rings. The van der Waals surface area contributed by atoms with Gasteiger partial charge in [0, 0.05) is 6.42 Å². The standard InChI is InChI=1S/C13H17NO6S/c1-9(15)12(13(17)18)14-11(16)7-8-21(19,20)10-5-3-2-4-6-10/h2-6,9,12,15H,7-8H2,1H3,(H,14,16)(H,17,18)/t9-,12+/m1/s1. The number of nitrogens with one attached hydrogen (secondary N) is 1. The van der Waals surface area contributed by atoms with Crippen molar-refractivity contribution in [2.75, 3.05) is 5.75 Å². The van der Waals surface area contributed by atoms with Gasteiger partial charge in [-0.2, -0.15) is 0 Å². The van der Waals surface area contributed by atoms with Gasteiger partial charge in [0.15, 0.2) is 15.9 Å². The van der Waals surface area contributed by atoms with E-state index in [9.17, 15) is 23.1 Å². The Morgan fingerprint density at radius 3 is 2.29 bits per heavy atom. The Hall–Kier alpha value is -1.93. The second-order valence-electron chi connectivity index (χ2n) is 4.51. The lowest BCUT2D eigenvalue weighted by molar-refractivity contribution is -0.144. The van der Waals surface area contributed by atoms with Gasteiger partial charge in [-0.1, -0.05) is 18.2 Å². The number of aliphatic hydroxyl groups excluding tert-OH is 1. The Kier molecular flexibility index (Phi) is 5.86. The largest absolute Gasteiger partial charge is 0.480 e. The third kappa shape index (κ3) is 5.16. The van der Waals surface area contributed by atoms with E-state index in [4.69, 9.17) is 5.11 Å². The van der Waals surface area contributed by atoms with Gasteiger partial charge in [0.1, 0.15) is 0 Å². The molecule has 0 spiro atoms. The van der Waals surface area contributed by atoms with Crippen LogP contribution in [0.3, 0.4) is 0 Å². The summed E-state index contributed by atoms with van der Waals surface area (Å²) in [6.45, 7) is 1.22. The number of carboxylic acids is 1. The number of benzene rings is 1. The Bertz CT molecular complexity index is 596. The van der Waals surface area contributed by atoms with E-state index in [1.165, 1.54) is 19.1 Å². The molecular formula is C13H17NO6S. The zero-order chi connectivity index (χ0) is 16.0. The van der Waals surface area contributed by atoms with Crippen LogP contribution in [-0.4, -0.2) is 48.4 Å². The lowest BCUT2D eigenvalue weighted by atomic mass is 10.2. The first-order valence-corrected chi connectivity index (χ1v) is 7.87. The number of aliphatic hydroxyl groups is 1. The van der Waals surface area contributed by atoms with Crippen LogP contribution in [0.25, 0.3) is 0 Å². The number of hydrogen-bond donors (Lipinski definition) is 3. The van der Waals surface area contributed by atoms with Crippen molar-refractivity contribution in [2.45, 2.75) is 30.4 Å². The quantitative estimate of drug-likeness (QED) is 0.641. The number of sulfone groups is 1. The van der Waals surface area contributed by atoms with Crippen LogP contribution in [0, 0.1) is 0 Å². The molecule has 0 radical (unpaired) electrons. The van der Waals surface area contributed by atoms with E-state index in [1.54, 1.807) is 18.2 Å². The van der Waals surface area contributed by atoms with E-state index >= 15 is 0 Å². The lowest BCUT2D eigenvalue weighted by Crippen LogP contribution is -2.47. The lowest BCUT2D eigenvalue weighted by Gasteiger charge is -2.16. The molecule has 0 saturated carbocycles. The van der Waals surface area contributed by atoms with E-state index in [2.05, 4.69) is 5.32 Å². The number of carboxylic acid groups (broad SMARTS) is 1. The highest BCUT2D eigenvalue weighted by atomic mass is 32.2. The first-order chi connectivity index (χ1) is 9.74. The fourth-order valence-electron chi connectivity index (χ4n) is 1.61. The van der Waals surface area contributed by atoms with Crippen LogP contribution in [0.1, 0.15) is 13.3 Å². The number of aliphatic carboxylic acids is 1. The van der Waals surface area contributed by atoms with Gasteiger partial charge < -0.3 is 15.5 Å². The summed E-state index contributed by atoms with van der Waals surface area (Å²) in [7, 11) is -3.60. The topological polar surface area (TPSA) is 121 Å². The number of hydrogen-bond acceptors (Lipinski definition) is 5. The maximum absolute atomic E-state index is 11.9. The van der Waals surface area contributed by atoms with Crippen molar-refractivity contribution in [1.82, 2.24) is 5.32 Å². The Morgan fingerprint density at radius 2 is 1.81 bits per heavy atom. The molecule has 0 aliphatic carbocycles. The van der Waals surface area contributed by atoms with Gasteiger partial charge in [0.05, 0.1) is 16.8 Å². The zero-order valence-corrected chi connectivity index (χ0v) is 12.2. The molecule has 0 aromatic heterocycles. The summed E-state index contributed by atoms with van der Waals surface area (Å²) in [6, 6.07) is 6.19. The predicted molar refractivity (Wildman–Crippen MR) is 74.4 cm³/mol. The minimum absolute atomic E-state index is 0.100. The molecule has 3 N–H and O–H groups in total. The van der Waals surface area contributed by atoms with Crippen molar-refractivity contribution in [3.8, 4) is 0 Å². The van der Waals surface area contributed by atoms with Crippen molar-refractivity contribution in [3.05, 3.63) is 30.3 Å². The van der Waals surface area contributed by atoms with Crippen molar-refractivity contribution >= 4 is 21.7 Å². The Balaban J connectivity index is 2.63. The van der Waals surface area contributed by atoms with Gasteiger partial charge in [-0.25, -0.2) is 13.2 Å². The molecular weight excluding hydrogens is 298 g/mol. The van der Waals surface area contributed by atoms with E-state index < -0.39 is 39.6 Å². The van der Waals surface area contributed by atoms with Gasteiger partial charge in [-0.15, -0.1) is 0 Å². The molecule has 8 heteroatoms. The van der Waals surface area contributed by atoms with Crippen LogP contribution in [0.5, 0.6) is 0 Å². The Morgan fingerprint density at radius 1 is 1.24 bits per heavy atom. The summed E-state index contributed by atoms with van der Waals surface area (Å²) < 4.78 is 23.9. The average molecular weight is 315 g/mol. The highest BCUT2D eigenvalue weighted by Crippen LogP contribution is 2.11. The first kappa shape index (κ1) is 17.1. The van der Waals surface area contributed by atoms with Crippen LogP contribution in [-0.2, 0) is 19.4 Å². The molecule has 1 amide bonds. The zero-order valence-electron chi connectivity index (χ0n) is 11.4. The van der Waals surface area contributed by atoms with E-state index in [0.29, 0.717) is 0 Å². The second-order valence-corrected chi connectivity index (χ2v) is 6.62. The number of rotatable bonds is 7. The van der Waals surface area contributed by atoms with Gasteiger partial charge >= 0.3 is 5.97 Å². The van der Waals surface area contributed by atoms with Gasteiger partial charge in [-0.3, -0.25) is 4.79 Å². The fraction of sp³-hybridized carbons (Fsp3) is 0.385. The van der Waals surface area contributed by atoms with E-state index in [-0.39, 0.29) is 11.3 Å². The Labute approximate surface area is 122 Å². The molecule has 0 unspecified atom stereocenters. The third-order valence-corrected chi connectivity index (χ3v) is 4.50. The smallest absolute Gasteiger partial charge is 0.328 e. The first-order valence-electron chi connectivity index (χ1n) is 6.22. The van der Waals surface area contributed by atoms with Gasteiger partial charge in [-0.05, 0) is 19.1 Å². The molecule has 0 fully saturated rings. The number of carbonyl (C=O) groups is 2. The summed E-state index contributed by atoms with van der Waals surface area (Å²) in [5.41, 5.74) is 0. The maximum atomic E-state index is 11.9. The summed E-state index contributed by atoms with van der Waals surface area (Å²) in [5.74, 6) is -2.57. The van der Waals surface area contributed by atoms with Crippen molar-refractivity contribution in [3.63, 3.8) is 0 Å². The van der Waals surface area contributed by atoms with Gasteiger partial charge in [0.2, 0.25) is 5.91 Å². The molecule has 2 atom stereocenters. The monoisotopic (exact) mass is 315 g/mol. The van der Waals surface area contributed by atoms with Crippen molar-refractivity contribution < 1.29 is 28.2 Å². The summed E-state index contributed by atoms with van der Waals surface area (Å²) in [4.78, 5) is 22.5.